The molecule has 0 atom stereocenters. The summed E-state index contributed by atoms with van der Waals surface area (Å²) in [6.45, 7) is -0.0619. The molecule has 0 radical (unpaired) electrons. The van der Waals surface area contributed by atoms with E-state index in [1.165, 1.54) is 19.2 Å². The van der Waals surface area contributed by atoms with E-state index in [0.717, 1.165) is 11.3 Å². The third kappa shape index (κ3) is 6.23. The van der Waals surface area contributed by atoms with Gasteiger partial charge in [-0.2, -0.15) is 0 Å². The zero-order chi connectivity index (χ0) is 19.6. The van der Waals surface area contributed by atoms with Crippen LogP contribution in [0.25, 0.3) is 0 Å². The third-order valence-electron chi connectivity index (χ3n) is 3.59. The lowest BCUT2D eigenvalue weighted by Gasteiger charge is -2.09. The fourth-order valence-corrected chi connectivity index (χ4v) is 2.21. The standard InChI is InChI=1S/C20H20O7/c1-24-15-9-7-14(8-10-15)12-26-13-20(23)27-18-6-4-3-5-16(18)17(21)11-19(22)25-2/h3-10H,11-13H2,1-2H3. The summed E-state index contributed by atoms with van der Waals surface area (Å²) in [5.74, 6) is -1.01. The molecule has 7 heteroatoms. The quantitative estimate of drug-likeness (QED) is 0.289. The first-order valence-corrected chi connectivity index (χ1v) is 8.14. The normalized spacial score (nSPS) is 10.1. The van der Waals surface area contributed by atoms with E-state index in [1.54, 1.807) is 31.4 Å². The average Bonchev–Trinajstić information content (AvgIpc) is 2.68. The predicted octanol–water partition coefficient (Wildman–Crippen LogP) is 2.56. The first kappa shape index (κ1) is 20.1. The van der Waals surface area contributed by atoms with Gasteiger partial charge in [0, 0.05) is 0 Å². The maximum Gasteiger partial charge on any atom is 0.337 e. The van der Waals surface area contributed by atoms with Crippen LogP contribution >= 0.6 is 0 Å². The maximum atomic E-state index is 12.1. The zero-order valence-corrected chi connectivity index (χ0v) is 15.1. The Morgan fingerprint density at radius 2 is 1.59 bits per heavy atom. The van der Waals surface area contributed by atoms with Crippen molar-refractivity contribution in [3.63, 3.8) is 0 Å². The van der Waals surface area contributed by atoms with Gasteiger partial charge in [0.2, 0.25) is 0 Å². The predicted molar refractivity (Wildman–Crippen MR) is 95.7 cm³/mol. The van der Waals surface area contributed by atoms with E-state index < -0.39 is 24.1 Å². The van der Waals surface area contributed by atoms with Crippen LogP contribution in [-0.2, 0) is 25.7 Å². The minimum atomic E-state index is -0.663. The number of hydrogen-bond acceptors (Lipinski definition) is 7. The summed E-state index contributed by atoms with van der Waals surface area (Å²) in [7, 11) is 2.77. The molecule has 2 aromatic carbocycles. The van der Waals surface area contributed by atoms with Crippen LogP contribution in [0.4, 0.5) is 0 Å². The summed E-state index contributed by atoms with van der Waals surface area (Å²) in [6.07, 6.45) is -0.432. The van der Waals surface area contributed by atoms with Crippen LogP contribution in [0.3, 0.4) is 0 Å². The van der Waals surface area contributed by atoms with Gasteiger partial charge in [-0.05, 0) is 29.8 Å². The molecular formula is C20H20O7. The SMILES string of the molecule is COC(=O)CC(=O)c1ccccc1OC(=O)COCc1ccc(OC)cc1. The number of ether oxygens (including phenoxy) is 4. The Morgan fingerprint density at radius 1 is 0.889 bits per heavy atom. The lowest BCUT2D eigenvalue weighted by atomic mass is 10.1. The van der Waals surface area contributed by atoms with Crippen LogP contribution < -0.4 is 9.47 Å². The van der Waals surface area contributed by atoms with Crippen molar-refractivity contribution in [3.8, 4) is 11.5 Å². The van der Waals surface area contributed by atoms with Crippen LogP contribution in [0.1, 0.15) is 22.3 Å². The van der Waals surface area contributed by atoms with Crippen molar-refractivity contribution < 1.29 is 33.3 Å². The molecular weight excluding hydrogens is 352 g/mol. The van der Waals surface area contributed by atoms with E-state index in [0.29, 0.717) is 0 Å². The molecule has 142 valence electrons. The lowest BCUT2D eigenvalue weighted by molar-refractivity contribution is -0.140. The molecule has 0 amide bonds. The van der Waals surface area contributed by atoms with Gasteiger partial charge in [0.05, 0.1) is 26.4 Å². The molecule has 0 aromatic heterocycles. The van der Waals surface area contributed by atoms with Crippen LogP contribution in [0.2, 0.25) is 0 Å². The molecule has 7 nitrogen and oxygen atoms in total. The molecule has 0 bridgehead atoms. The number of carbonyl (C=O) groups is 3. The molecule has 0 fully saturated rings. The average molecular weight is 372 g/mol. The summed E-state index contributed by atoms with van der Waals surface area (Å²) in [5, 5.41) is 0. The van der Waals surface area contributed by atoms with Gasteiger partial charge in [-0.25, -0.2) is 4.79 Å². The Morgan fingerprint density at radius 3 is 2.26 bits per heavy atom. The summed E-state index contributed by atoms with van der Waals surface area (Å²) < 4.78 is 20.1. The van der Waals surface area contributed by atoms with E-state index in [9.17, 15) is 14.4 Å². The summed E-state index contributed by atoms with van der Waals surface area (Å²) in [5.41, 5.74) is 1.00. The monoisotopic (exact) mass is 372 g/mol. The van der Waals surface area contributed by atoms with Crippen molar-refractivity contribution in [3.05, 3.63) is 59.7 Å². The molecule has 2 aromatic rings. The fraction of sp³-hybridized carbons (Fsp3) is 0.250. The summed E-state index contributed by atoms with van der Waals surface area (Å²) in [4.78, 5) is 35.4. The Hall–Kier alpha value is -3.19. The minimum absolute atomic E-state index is 0.0736. The van der Waals surface area contributed by atoms with Crippen LogP contribution in [0, 0.1) is 0 Å². The van der Waals surface area contributed by atoms with Gasteiger partial charge in [-0.15, -0.1) is 0 Å². The van der Waals surface area contributed by atoms with Gasteiger partial charge in [0.1, 0.15) is 24.5 Å². The first-order valence-electron chi connectivity index (χ1n) is 8.14. The molecule has 0 N–H and O–H groups in total. The Balaban J connectivity index is 1.89. The molecule has 0 aliphatic carbocycles. The minimum Gasteiger partial charge on any atom is -0.497 e. The van der Waals surface area contributed by atoms with Crippen LogP contribution in [0.5, 0.6) is 11.5 Å². The van der Waals surface area contributed by atoms with E-state index in [-0.39, 0.29) is 24.5 Å². The van der Waals surface area contributed by atoms with Crippen molar-refractivity contribution >= 4 is 17.7 Å². The molecule has 0 aliphatic heterocycles. The second-order valence-corrected chi connectivity index (χ2v) is 5.49. The first-order chi connectivity index (χ1) is 13.0. The highest BCUT2D eigenvalue weighted by atomic mass is 16.6. The molecule has 0 spiro atoms. The number of benzene rings is 2. The number of carbonyl (C=O) groups excluding carboxylic acids is 3. The number of Topliss-reactive ketones (excluding diaryl/α,β-unsaturated/α-hetero) is 1. The number of rotatable bonds is 9. The van der Waals surface area contributed by atoms with Gasteiger partial charge >= 0.3 is 11.9 Å². The number of hydrogen-bond donors (Lipinski definition) is 0. The molecule has 2 rings (SSSR count). The molecule has 0 aliphatic rings. The van der Waals surface area contributed by atoms with Gasteiger partial charge in [0.15, 0.2) is 5.78 Å². The molecule has 0 heterocycles. The third-order valence-corrected chi connectivity index (χ3v) is 3.59. The van der Waals surface area contributed by atoms with E-state index >= 15 is 0 Å². The maximum absolute atomic E-state index is 12.1. The van der Waals surface area contributed by atoms with Crippen LogP contribution in [-0.4, -0.2) is 38.5 Å². The highest BCUT2D eigenvalue weighted by Crippen LogP contribution is 2.20. The molecule has 0 saturated carbocycles. The van der Waals surface area contributed by atoms with Crippen molar-refractivity contribution in [1.82, 2.24) is 0 Å². The number of esters is 2. The van der Waals surface area contributed by atoms with E-state index in [2.05, 4.69) is 4.74 Å². The Kier molecular flexibility index (Phi) is 7.51. The second kappa shape index (κ2) is 10.1. The number of ketones is 1. The van der Waals surface area contributed by atoms with Gasteiger partial charge in [-0.1, -0.05) is 24.3 Å². The van der Waals surface area contributed by atoms with Gasteiger partial charge in [0.25, 0.3) is 0 Å². The highest BCUT2D eigenvalue weighted by Gasteiger charge is 2.18. The fourth-order valence-electron chi connectivity index (χ4n) is 2.21. The van der Waals surface area contributed by atoms with Crippen molar-refractivity contribution in [2.75, 3.05) is 20.8 Å². The molecule has 27 heavy (non-hydrogen) atoms. The van der Waals surface area contributed by atoms with E-state index in [1.807, 2.05) is 12.1 Å². The number of para-hydroxylation sites is 1. The van der Waals surface area contributed by atoms with Crippen molar-refractivity contribution in [2.24, 2.45) is 0 Å². The van der Waals surface area contributed by atoms with Crippen LogP contribution in [0.15, 0.2) is 48.5 Å². The summed E-state index contributed by atoms with van der Waals surface area (Å²) in [6, 6.07) is 13.4. The largest absolute Gasteiger partial charge is 0.497 e. The van der Waals surface area contributed by atoms with E-state index in [4.69, 9.17) is 14.2 Å². The topological polar surface area (TPSA) is 88.1 Å². The summed E-state index contributed by atoms with van der Waals surface area (Å²) >= 11 is 0. The zero-order valence-electron chi connectivity index (χ0n) is 15.1. The Bertz CT molecular complexity index is 796. The highest BCUT2D eigenvalue weighted by molar-refractivity contribution is 6.07. The van der Waals surface area contributed by atoms with Gasteiger partial charge in [-0.3, -0.25) is 9.59 Å². The number of methoxy groups -OCH3 is 2. The van der Waals surface area contributed by atoms with Crippen molar-refractivity contribution in [1.29, 1.82) is 0 Å². The smallest absolute Gasteiger partial charge is 0.337 e. The second-order valence-electron chi connectivity index (χ2n) is 5.49. The van der Waals surface area contributed by atoms with Gasteiger partial charge < -0.3 is 18.9 Å². The van der Waals surface area contributed by atoms with Crippen molar-refractivity contribution in [2.45, 2.75) is 13.0 Å². The molecule has 0 saturated heterocycles. The lowest BCUT2D eigenvalue weighted by Crippen LogP contribution is -2.18. The Labute approximate surface area is 156 Å². The molecule has 0 unspecified atom stereocenters.